The lowest BCUT2D eigenvalue weighted by Crippen LogP contribution is -2.21. The van der Waals surface area contributed by atoms with Gasteiger partial charge in [0, 0.05) is 23.1 Å². The molecule has 0 saturated heterocycles. The lowest BCUT2D eigenvalue weighted by Gasteiger charge is -2.27. The first-order valence-corrected chi connectivity index (χ1v) is 10.2. The zero-order valence-electron chi connectivity index (χ0n) is 17.0. The molecule has 158 valence electrons. The average molecular weight is 418 g/mol. The topological polar surface area (TPSA) is 74.2 Å². The van der Waals surface area contributed by atoms with Crippen LogP contribution in [0.5, 0.6) is 23.0 Å². The molecule has 3 aromatic carbocycles. The van der Waals surface area contributed by atoms with Gasteiger partial charge in [0.1, 0.15) is 18.1 Å². The lowest BCUT2D eigenvalue weighted by atomic mass is 9.97. The SMILES string of the molecule is COC(=O)CC1COc2cc3c(cc21)OCC(c1cccc(-c2ccccc2O)c1)O3. The monoisotopic (exact) mass is 418 g/mol. The molecule has 2 unspecified atom stereocenters. The van der Waals surface area contributed by atoms with Gasteiger partial charge in [0.25, 0.3) is 0 Å². The van der Waals surface area contributed by atoms with Crippen LogP contribution < -0.4 is 14.2 Å². The summed E-state index contributed by atoms with van der Waals surface area (Å²) in [5.74, 6) is 1.89. The molecule has 0 fully saturated rings. The summed E-state index contributed by atoms with van der Waals surface area (Å²) in [6.45, 7) is 0.790. The van der Waals surface area contributed by atoms with E-state index in [9.17, 15) is 9.90 Å². The van der Waals surface area contributed by atoms with E-state index in [1.165, 1.54) is 7.11 Å². The number of carbonyl (C=O) groups excluding carboxylic acids is 1. The summed E-state index contributed by atoms with van der Waals surface area (Å²) in [5, 5.41) is 10.2. The number of esters is 1. The van der Waals surface area contributed by atoms with Crippen molar-refractivity contribution in [3.63, 3.8) is 0 Å². The zero-order chi connectivity index (χ0) is 21.4. The number of rotatable bonds is 4. The van der Waals surface area contributed by atoms with Gasteiger partial charge in [-0.05, 0) is 29.3 Å². The Morgan fingerprint density at radius 1 is 1.00 bits per heavy atom. The summed E-state index contributed by atoms with van der Waals surface area (Å²) in [6.07, 6.45) is -0.0196. The number of benzene rings is 3. The predicted molar refractivity (Wildman–Crippen MR) is 114 cm³/mol. The van der Waals surface area contributed by atoms with Gasteiger partial charge < -0.3 is 24.1 Å². The fourth-order valence-electron chi connectivity index (χ4n) is 4.08. The molecule has 6 nitrogen and oxygen atoms in total. The standard InChI is InChI=1S/C25H22O6/c1-28-25(27)10-17-13-29-21-12-23-22(11-19(17)21)30-14-24(31-23)16-6-4-5-15(9-16)18-7-2-3-8-20(18)26/h2-9,11-12,17,24,26H,10,13-14H2,1H3. The van der Waals surface area contributed by atoms with Gasteiger partial charge in [-0.1, -0.05) is 36.4 Å². The quantitative estimate of drug-likeness (QED) is 0.624. The van der Waals surface area contributed by atoms with E-state index < -0.39 is 0 Å². The predicted octanol–water partition coefficient (Wildman–Crippen LogP) is 4.61. The van der Waals surface area contributed by atoms with Crippen LogP contribution in [-0.4, -0.2) is 31.4 Å². The lowest BCUT2D eigenvalue weighted by molar-refractivity contribution is -0.141. The van der Waals surface area contributed by atoms with Gasteiger partial charge in [-0.25, -0.2) is 0 Å². The normalized spacial score (nSPS) is 18.7. The number of hydrogen-bond donors (Lipinski definition) is 1. The van der Waals surface area contributed by atoms with Crippen LogP contribution in [0.4, 0.5) is 0 Å². The number of phenols is 1. The molecule has 0 bridgehead atoms. The van der Waals surface area contributed by atoms with E-state index in [-0.39, 0.29) is 30.2 Å². The highest BCUT2D eigenvalue weighted by molar-refractivity contribution is 5.72. The summed E-state index contributed by atoms with van der Waals surface area (Å²) >= 11 is 0. The minimum absolute atomic E-state index is 0.0516. The number of ether oxygens (including phenoxy) is 4. The molecule has 0 spiro atoms. The van der Waals surface area contributed by atoms with Crippen LogP contribution in [0.15, 0.2) is 60.7 Å². The Morgan fingerprint density at radius 3 is 2.68 bits per heavy atom. The van der Waals surface area contributed by atoms with Gasteiger partial charge in [0.2, 0.25) is 0 Å². The maximum absolute atomic E-state index is 11.7. The van der Waals surface area contributed by atoms with Crippen molar-refractivity contribution >= 4 is 5.97 Å². The Hall–Kier alpha value is -3.67. The van der Waals surface area contributed by atoms with E-state index in [1.807, 2.05) is 48.5 Å². The number of carbonyl (C=O) groups is 1. The van der Waals surface area contributed by atoms with E-state index in [2.05, 4.69) is 0 Å². The van der Waals surface area contributed by atoms with Gasteiger partial charge >= 0.3 is 5.97 Å². The molecule has 0 saturated carbocycles. The molecule has 6 heteroatoms. The van der Waals surface area contributed by atoms with Crippen molar-refractivity contribution in [3.05, 3.63) is 71.8 Å². The van der Waals surface area contributed by atoms with E-state index >= 15 is 0 Å². The van der Waals surface area contributed by atoms with Gasteiger partial charge in [-0.2, -0.15) is 0 Å². The molecular formula is C25H22O6. The number of fused-ring (bicyclic) bond motifs is 2. The summed E-state index contributed by atoms with van der Waals surface area (Å²) in [6, 6.07) is 18.9. The second kappa shape index (κ2) is 7.87. The number of phenolic OH excluding ortho intramolecular Hbond substituents is 1. The molecule has 0 radical (unpaired) electrons. The minimum Gasteiger partial charge on any atom is -0.507 e. The fourth-order valence-corrected chi connectivity index (χ4v) is 4.08. The fraction of sp³-hybridized carbons (Fsp3) is 0.240. The van der Waals surface area contributed by atoms with Crippen molar-refractivity contribution in [1.29, 1.82) is 0 Å². The number of hydrogen-bond acceptors (Lipinski definition) is 6. The van der Waals surface area contributed by atoms with Crippen molar-refractivity contribution in [2.24, 2.45) is 0 Å². The number of para-hydroxylation sites is 1. The van der Waals surface area contributed by atoms with Crippen LogP contribution in [0, 0.1) is 0 Å². The van der Waals surface area contributed by atoms with E-state index in [4.69, 9.17) is 18.9 Å². The van der Waals surface area contributed by atoms with Gasteiger partial charge in [0.05, 0.1) is 20.1 Å². The third kappa shape index (κ3) is 3.65. The summed E-state index contributed by atoms with van der Waals surface area (Å²) in [4.78, 5) is 11.7. The zero-order valence-corrected chi connectivity index (χ0v) is 17.0. The molecular weight excluding hydrogens is 396 g/mol. The van der Waals surface area contributed by atoms with E-state index in [0.29, 0.717) is 30.5 Å². The molecule has 0 aliphatic carbocycles. The highest BCUT2D eigenvalue weighted by Gasteiger charge is 2.31. The van der Waals surface area contributed by atoms with Crippen LogP contribution in [0.2, 0.25) is 0 Å². The van der Waals surface area contributed by atoms with Crippen LogP contribution in [0.1, 0.15) is 29.6 Å². The summed E-state index contributed by atoms with van der Waals surface area (Å²) in [5.41, 5.74) is 3.57. The molecule has 5 rings (SSSR count). The molecule has 3 aromatic rings. The first-order valence-electron chi connectivity index (χ1n) is 10.2. The van der Waals surface area contributed by atoms with Crippen molar-refractivity contribution in [2.45, 2.75) is 18.4 Å². The molecule has 0 amide bonds. The van der Waals surface area contributed by atoms with Crippen LogP contribution in [-0.2, 0) is 9.53 Å². The Balaban J connectivity index is 1.39. The van der Waals surface area contributed by atoms with Crippen LogP contribution >= 0.6 is 0 Å². The maximum Gasteiger partial charge on any atom is 0.306 e. The highest BCUT2D eigenvalue weighted by atomic mass is 16.6. The van der Waals surface area contributed by atoms with Gasteiger partial charge in [-0.3, -0.25) is 4.79 Å². The van der Waals surface area contributed by atoms with Gasteiger partial charge in [-0.15, -0.1) is 0 Å². The second-order valence-corrected chi connectivity index (χ2v) is 7.69. The largest absolute Gasteiger partial charge is 0.507 e. The molecule has 2 atom stereocenters. The molecule has 31 heavy (non-hydrogen) atoms. The molecule has 2 heterocycles. The number of methoxy groups -OCH3 is 1. The Morgan fingerprint density at radius 2 is 1.84 bits per heavy atom. The Bertz CT molecular complexity index is 1140. The summed E-state index contributed by atoms with van der Waals surface area (Å²) < 4.78 is 22.8. The second-order valence-electron chi connectivity index (χ2n) is 7.69. The first kappa shape index (κ1) is 19.3. The van der Waals surface area contributed by atoms with Gasteiger partial charge in [0.15, 0.2) is 17.6 Å². The molecule has 2 aliphatic heterocycles. The minimum atomic E-state index is -0.288. The molecule has 2 aliphatic rings. The number of aromatic hydroxyl groups is 1. The molecule has 0 aromatic heterocycles. The average Bonchev–Trinajstić information content (AvgIpc) is 3.18. The highest BCUT2D eigenvalue weighted by Crippen LogP contribution is 2.46. The van der Waals surface area contributed by atoms with Crippen molar-refractivity contribution < 1.29 is 28.8 Å². The first-order chi connectivity index (χ1) is 15.1. The smallest absolute Gasteiger partial charge is 0.306 e. The van der Waals surface area contributed by atoms with Crippen LogP contribution in [0.25, 0.3) is 11.1 Å². The molecule has 1 N–H and O–H groups in total. The van der Waals surface area contributed by atoms with Crippen molar-refractivity contribution in [1.82, 2.24) is 0 Å². The van der Waals surface area contributed by atoms with Crippen LogP contribution in [0.3, 0.4) is 0 Å². The van der Waals surface area contributed by atoms with E-state index in [0.717, 1.165) is 22.3 Å². The maximum atomic E-state index is 11.7. The Labute approximate surface area is 179 Å². The van der Waals surface area contributed by atoms with E-state index in [1.54, 1.807) is 12.1 Å². The third-order valence-corrected chi connectivity index (χ3v) is 5.73. The third-order valence-electron chi connectivity index (χ3n) is 5.73. The van der Waals surface area contributed by atoms with Crippen molar-refractivity contribution in [3.8, 4) is 34.1 Å². The summed E-state index contributed by atoms with van der Waals surface area (Å²) in [7, 11) is 1.39. The Kier molecular flexibility index (Phi) is 4.90. The van der Waals surface area contributed by atoms with Crippen molar-refractivity contribution in [2.75, 3.05) is 20.3 Å².